The van der Waals surface area contributed by atoms with Gasteiger partial charge in [0.15, 0.2) is 11.6 Å². The number of halogens is 1. The van der Waals surface area contributed by atoms with Crippen LogP contribution in [0.2, 0.25) is 5.02 Å². The summed E-state index contributed by atoms with van der Waals surface area (Å²) in [6, 6.07) is 16.1. The molecule has 3 N–H and O–H groups in total. The molecule has 0 bridgehead atoms. The van der Waals surface area contributed by atoms with Crippen LogP contribution in [0.25, 0.3) is 21.5 Å². The molecule has 4 rings (SSSR count). The molecule has 0 unspecified atom stereocenters. The molecular weight excluding hydrogens is 402 g/mol. The first-order valence-corrected chi connectivity index (χ1v) is 9.80. The first-order chi connectivity index (χ1) is 13.2. The molecule has 0 fully saturated rings. The first-order valence-electron chi connectivity index (χ1n) is 7.99. The number of hydrogen-bond acceptors (Lipinski definition) is 5. The number of fused-ring (bicyclic) bond motifs is 2. The SMILES string of the molecule is Nc1ccc(Cl)c2cc3ccccc3cc12.O=C1C=CC(=O)C(S(=O)(=O)O)=C1. The number of carbonyl (C=O) groups is 2. The summed E-state index contributed by atoms with van der Waals surface area (Å²) < 4.78 is 29.3. The number of carbonyl (C=O) groups excluding carboxylic acids is 2. The van der Waals surface area contributed by atoms with E-state index in [-0.39, 0.29) is 0 Å². The summed E-state index contributed by atoms with van der Waals surface area (Å²) in [5.41, 5.74) is 6.73. The Labute approximate surface area is 165 Å². The van der Waals surface area contributed by atoms with Crippen molar-refractivity contribution in [2.24, 2.45) is 0 Å². The van der Waals surface area contributed by atoms with Gasteiger partial charge in [0.1, 0.15) is 4.91 Å². The zero-order valence-corrected chi connectivity index (χ0v) is 15.9. The summed E-state index contributed by atoms with van der Waals surface area (Å²) in [5, 5.41) is 5.15. The summed E-state index contributed by atoms with van der Waals surface area (Å²) in [7, 11) is -4.57. The smallest absolute Gasteiger partial charge is 0.298 e. The quantitative estimate of drug-likeness (QED) is 0.271. The van der Waals surface area contributed by atoms with E-state index in [0.717, 1.165) is 33.6 Å². The molecule has 28 heavy (non-hydrogen) atoms. The number of benzene rings is 3. The molecule has 3 aromatic carbocycles. The van der Waals surface area contributed by atoms with Gasteiger partial charge in [-0.3, -0.25) is 14.1 Å². The number of nitrogen functional groups attached to an aromatic ring is 1. The molecule has 0 saturated heterocycles. The Kier molecular flexibility index (Phi) is 5.33. The Morgan fingerprint density at radius 1 is 0.893 bits per heavy atom. The van der Waals surface area contributed by atoms with Crippen LogP contribution in [0.4, 0.5) is 5.69 Å². The van der Waals surface area contributed by atoms with Gasteiger partial charge in [0.25, 0.3) is 10.1 Å². The van der Waals surface area contributed by atoms with Gasteiger partial charge in [-0.1, -0.05) is 35.9 Å². The fourth-order valence-electron chi connectivity index (χ4n) is 2.71. The maximum Gasteiger partial charge on any atom is 0.298 e. The van der Waals surface area contributed by atoms with E-state index in [1.165, 1.54) is 10.8 Å². The predicted octanol–water partition coefficient (Wildman–Crippen LogP) is 3.69. The number of allylic oxidation sites excluding steroid dienone is 4. The second-order valence-corrected chi connectivity index (χ2v) is 7.76. The molecule has 0 radical (unpaired) electrons. The summed E-state index contributed by atoms with van der Waals surface area (Å²) in [6.07, 6.45) is 2.31. The van der Waals surface area contributed by atoms with Gasteiger partial charge >= 0.3 is 0 Å². The van der Waals surface area contributed by atoms with Crippen LogP contribution >= 0.6 is 11.6 Å². The van der Waals surface area contributed by atoms with E-state index < -0.39 is 26.6 Å². The lowest BCUT2D eigenvalue weighted by Crippen LogP contribution is -2.15. The van der Waals surface area contributed by atoms with Crippen LogP contribution in [0.3, 0.4) is 0 Å². The molecule has 6 nitrogen and oxygen atoms in total. The van der Waals surface area contributed by atoms with Crippen molar-refractivity contribution in [1.29, 1.82) is 0 Å². The van der Waals surface area contributed by atoms with Crippen molar-refractivity contribution in [1.82, 2.24) is 0 Å². The molecular formula is C20H14ClNO5S. The van der Waals surface area contributed by atoms with E-state index in [1.807, 2.05) is 24.3 Å². The van der Waals surface area contributed by atoms with Crippen molar-refractivity contribution in [2.45, 2.75) is 0 Å². The highest BCUT2D eigenvalue weighted by Gasteiger charge is 2.24. The minimum Gasteiger partial charge on any atom is -0.398 e. The standard InChI is InChI=1S/C14H10ClN.C6H4O5S/c15-13-5-6-14(16)12-8-10-4-2-1-3-9(10)7-11(12)13;7-4-1-2-5(8)6(3-4)12(9,10)11/h1-8H,16H2;1-3H,(H,9,10,11). The molecule has 0 atom stereocenters. The van der Waals surface area contributed by atoms with E-state index >= 15 is 0 Å². The molecule has 0 heterocycles. The van der Waals surface area contributed by atoms with Gasteiger partial charge < -0.3 is 5.73 Å². The molecule has 0 saturated carbocycles. The third kappa shape index (κ3) is 4.12. The molecule has 3 aromatic rings. The van der Waals surface area contributed by atoms with Gasteiger partial charge in [-0.15, -0.1) is 0 Å². The van der Waals surface area contributed by atoms with E-state index in [1.54, 1.807) is 0 Å². The zero-order chi connectivity index (χ0) is 20.5. The molecule has 0 aromatic heterocycles. The second-order valence-electron chi connectivity index (χ2n) is 5.97. The van der Waals surface area contributed by atoms with Gasteiger partial charge in [0.05, 0.1) is 0 Å². The van der Waals surface area contributed by atoms with Crippen LogP contribution in [0.15, 0.2) is 71.7 Å². The van der Waals surface area contributed by atoms with Gasteiger partial charge in [-0.05, 0) is 47.2 Å². The largest absolute Gasteiger partial charge is 0.398 e. The topological polar surface area (TPSA) is 115 Å². The average molecular weight is 416 g/mol. The summed E-state index contributed by atoms with van der Waals surface area (Å²) >= 11 is 6.17. The Balaban J connectivity index is 0.000000169. The van der Waals surface area contributed by atoms with E-state index in [2.05, 4.69) is 24.3 Å². The number of nitrogens with two attached hydrogens (primary N) is 1. The fraction of sp³-hybridized carbons (Fsp3) is 0. The lowest BCUT2D eigenvalue weighted by molar-refractivity contribution is -0.114. The number of rotatable bonds is 1. The van der Waals surface area contributed by atoms with Gasteiger partial charge in [-0.25, -0.2) is 0 Å². The highest BCUT2D eigenvalue weighted by atomic mass is 35.5. The van der Waals surface area contributed by atoms with Crippen molar-refractivity contribution in [2.75, 3.05) is 5.73 Å². The predicted molar refractivity (Wildman–Crippen MR) is 110 cm³/mol. The Morgan fingerprint density at radius 2 is 1.50 bits per heavy atom. The number of ketones is 2. The average Bonchev–Trinajstić information content (AvgIpc) is 2.65. The molecule has 0 amide bonds. The molecule has 1 aliphatic rings. The maximum absolute atomic E-state index is 10.7. The van der Waals surface area contributed by atoms with Crippen LogP contribution in [-0.2, 0) is 19.7 Å². The molecule has 0 spiro atoms. The summed E-state index contributed by atoms with van der Waals surface area (Å²) in [5.74, 6) is -1.53. The Bertz CT molecular complexity index is 1230. The minimum atomic E-state index is -4.57. The lowest BCUT2D eigenvalue weighted by Gasteiger charge is -2.06. The third-order valence-electron chi connectivity index (χ3n) is 4.06. The van der Waals surface area contributed by atoms with Crippen molar-refractivity contribution >= 4 is 60.5 Å². The van der Waals surface area contributed by atoms with E-state index in [9.17, 15) is 18.0 Å². The van der Waals surface area contributed by atoms with Crippen molar-refractivity contribution in [3.05, 3.63) is 76.7 Å². The molecule has 0 aliphatic heterocycles. The Morgan fingerprint density at radius 3 is 2.07 bits per heavy atom. The fourth-order valence-corrected chi connectivity index (χ4v) is 3.52. The second kappa shape index (κ2) is 7.55. The van der Waals surface area contributed by atoms with Crippen LogP contribution in [0, 0.1) is 0 Å². The minimum absolute atomic E-state index is 0.581. The van der Waals surface area contributed by atoms with Gasteiger partial charge in [0, 0.05) is 27.6 Å². The highest BCUT2D eigenvalue weighted by molar-refractivity contribution is 7.91. The highest BCUT2D eigenvalue weighted by Crippen LogP contribution is 2.31. The van der Waals surface area contributed by atoms with Gasteiger partial charge in [-0.2, -0.15) is 8.42 Å². The zero-order valence-electron chi connectivity index (χ0n) is 14.3. The monoisotopic (exact) mass is 415 g/mol. The van der Waals surface area contributed by atoms with Crippen LogP contribution in [-0.4, -0.2) is 24.5 Å². The normalized spacial score (nSPS) is 14.0. The van der Waals surface area contributed by atoms with Gasteiger partial charge in [0.2, 0.25) is 0 Å². The molecule has 8 heteroatoms. The number of anilines is 1. The number of hydrogen-bond donors (Lipinski definition) is 2. The maximum atomic E-state index is 10.7. The first kappa shape index (κ1) is 19.8. The molecule has 1 aliphatic carbocycles. The summed E-state index contributed by atoms with van der Waals surface area (Å²) in [6.45, 7) is 0. The van der Waals surface area contributed by atoms with E-state index in [4.69, 9.17) is 21.9 Å². The van der Waals surface area contributed by atoms with E-state index in [0.29, 0.717) is 6.08 Å². The van der Waals surface area contributed by atoms with Crippen LogP contribution < -0.4 is 5.73 Å². The van der Waals surface area contributed by atoms with Crippen molar-refractivity contribution in [3.8, 4) is 0 Å². The summed E-state index contributed by atoms with van der Waals surface area (Å²) in [4.78, 5) is 20.4. The Hall–Kier alpha value is -3.00. The molecule has 142 valence electrons. The van der Waals surface area contributed by atoms with Crippen LogP contribution in [0.1, 0.15) is 0 Å². The third-order valence-corrected chi connectivity index (χ3v) is 5.26. The van der Waals surface area contributed by atoms with Crippen molar-refractivity contribution in [3.63, 3.8) is 0 Å². The van der Waals surface area contributed by atoms with Crippen molar-refractivity contribution < 1.29 is 22.6 Å². The van der Waals surface area contributed by atoms with Crippen LogP contribution in [0.5, 0.6) is 0 Å². The lowest BCUT2D eigenvalue weighted by atomic mass is 10.0.